The van der Waals surface area contributed by atoms with E-state index in [0.29, 0.717) is 23.4 Å². The Kier molecular flexibility index (Phi) is 5.42. The number of Topliss-reactive ketones (excluding diaryl/α,β-unsaturated/α-hetero) is 1. The highest BCUT2D eigenvalue weighted by molar-refractivity contribution is 7.93. The van der Waals surface area contributed by atoms with E-state index in [1.807, 2.05) is 0 Å². The van der Waals surface area contributed by atoms with Gasteiger partial charge in [0, 0.05) is 18.2 Å². The molecule has 0 unspecified atom stereocenters. The Morgan fingerprint density at radius 3 is 2.55 bits per heavy atom. The number of aliphatic imine (C=N–C) groups is 1. The van der Waals surface area contributed by atoms with Crippen LogP contribution in [0.1, 0.15) is 54.2 Å². The largest absolute Gasteiger partial charge is 0.386 e. The molecule has 2 N–H and O–H groups in total. The summed E-state index contributed by atoms with van der Waals surface area (Å²) in [7, 11) is -3.64. The summed E-state index contributed by atoms with van der Waals surface area (Å²) in [5.74, 6) is -1.11. The van der Waals surface area contributed by atoms with Crippen molar-refractivity contribution in [2.75, 3.05) is 5.75 Å². The van der Waals surface area contributed by atoms with Crippen LogP contribution in [0.4, 0.5) is 4.39 Å². The number of hydrogen-bond acceptors (Lipinski definition) is 6. The van der Waals surface area contributed by atoms with Gasteiger partial charge < -0.3 is 5.73 Å². The maximum Gasteiger partial charge on any atom is 0.185 e. The fourth-order valence-corrected chi connectivity index (χ4v) is 7.25. The molecule has 1 saturated carbocycles. The van der Waals surface area contributed by atoms with Crippen LogP contribution in [-0.2, 0) is 21.8 Å². The van der Waals surface area contributed by atoms with Crippen molar-refractivity contribution in [3.8, 4) is 0 Å². The average molecular weight is 464 g/mol. The summed E-state index contributed by atoms with van der Waals surface area (Å²) in [5, 5.41) is 0.419. The summed E-state index contributed by atoms with van der Waals surface area (Å²) in [5.41, 5.74) is 5.72. The number of hydrogen-bond donors (Lipinski definition) is 1. The molecule has 1 spiro atoms. The Morgan fingerprint density at radius 1 is 1.23 bits per heavy atom. The van der Waals surface area contributed by atoms with Crippen LogP contribution in [0, 0.1) is 5.82 Å². The average Bonchev–Trinajstić information content (AvgIpc) is 3.20. The van der Waals surface area contributed by atoms with Crippen LogP contribution in [0.5, 0.6) is 0 Å². The summed E-state index contributed by atoms with van der Waals surface area (Å²) in [6.07, 6.45) is 3.81. The molecule has 4 rings (SSSR count). The number of pyridine rings is 1. The van der Waals surface area contributed by atoms with Crippen molar-refractivity contribution in [3.63, 3.8) is 0 Å². The molecule has 1 aromatic heterocycles. The van der Waals surface area contributed by atoms with Crippen LogP contribution >= 0.6 is 11.6 Å². The van der Waals surface area contributed by atoms with Gasteiger partial charge >= 0.3 is 0 Å². The van der Waals surface area contributed by atoms with Crippen molar-refractivity contribution in [2.24, 2.45) is 10.7 Å². The first-order chi connectivity index (χ1) is 14.6. The van der Waals surface area contributed by atoms with Gasteiger partial charge in [-0.05, 0) is 49.6 Å². The summed E-state index contributed by atoms with van der Waals surface area (Å²) >= 11 is 5.81. The van der Waals surface area contributed by atoms with E-state index < -0.39 is 25.9 Å². The zero-order valence-corrected chi connectivity index (χ0v) is 18.6. The number of sulfone groups is 1. The molecule has 0 bridgehead atoms. The highest BCUT2D eigenvalue weighted by atomic mass is 35.5. The number of halogens is 2. The van der Waals surface area contributed by atoms with Crippen molar-refractivity contribution in [3.05, 3.63) is 64.2 Å². The fraction of sp³-hybridized carbons (Fsp3) is 0.409. The summed E-state index contributed by atoms with van der Waals surface area (Å²) in [6.45, 7) is 1.57. The van der Waals surface area contributed by atoms with Gasteiger partial charge in [0.15, 0.2) is 15.6 Å². The monoisotopic (exact) mass is 463 g/mol. The number of carbonyl (C=O) groups excluding carboxylic acids is 1. The topological polar surface area (TPSA) is 102 Å². The van der Waals surface area contributed by atoms with Crippen LogP contribution in [0.2, 0.25) is 5.02 Å². The van der Waals surface area contributed by atoms with Crippen molar-refractivity contribution >= 4 is 33.1 Å². The van der Waals surface area contributed by atoms with E-state index in [-0.39, 0.29) is 35.0 Å². The maximum atomic E-state index is 14.8. The molecule has 2 aromatic rings. The molecule has 0 radical (unpaired) electrons. The number of ketones is 1. The molecule has 1 fully saturated rings. The first-order valence-electron chi connectivity index (χ1n) is 10.1. The molecular formula is C22H23ClFN3O3S. The number of rotatable bonds is 4. The molecule has 1 aliphatic heterocycles. The Balaban J connectivity index is 1.69. The smallest absolute Gasteiger partial charge is 0.185 e. The maximum absolute atomic E-state index is 14.8. The van der Waals surface area contributed by atoms with Gasteiger partial charge in [-0.3, -0.25) is 14.8 Å². The van der Waals surface area contributed by atoms with Gasteiger partial charge in [-0.25, -0.2) is 12.8 Å². The van der Waals surface area contributed by atoms with Gasteiger partial charge in [0.25, 0.3) is 0 Å². The number of amidine groups is 1. The van der Waals surface area contributed by atoms with E-state index in [2.05, 4.69) is 9.98 Å². The van der Waals surface area contributed by atoms with Gasteiger partial charge in [0.05, 0.1) is 10.8 Å². The van der Waals surface area contributed by atoms with Gasteiger partial charge in [-0.15, -0.1) is 0 Å². The normalized spacial score (nSPS) is 24.2. The molecular weight excluding hydrogens is 441 g/mol. The fourth-order valence-electron chi connectivity index (χ4n) is 4.63. The first-order valence-corrected chi connectivity index (χ1v) is 12.1. The molecule has 0 saturated heterocycles. The molecule has 164 valence electrons. The highest BCUT2D eigenvalue weighted by Gasteiger charge is 2.55. The minimum Gasteiger partial charge on any atom is -0.386 e. The third kappa shape index (κ3) is 3.76. The molecule has 9 heteroatoms. The van der Waals surface area contributed by atoms with E-state index in [9.17, 15) is 17.6 Å². The van der Waals surface area contributed by atoms with Gasteiger partial charge in [-0.1, -0.05) is 30.5 Å². The lowest BCUT2D eigenvalue weighted by Gasteiger charge is -2.39. The van der Waals surface area contributed by atoms with E-state index >= 15 is 0 Å². The predicted octanol–water partition coefficient (Wildman–Crippen LogP) is 3.61. The van der Waals surface area contributed by atoms with Gasteiger partial charge in [0.2, 0.25) is 0 Å². The molecule has 1 aromatic carbocycles. The lowest BCUT2D eigenvalue weighted by molar-refractivity contribution is 0.0988. The van der Waals surface area contributed by atoms with E-state index in [0.717, 1.165) is 12.8 Å². The van der Waals surface area contributed by atoms with E-state index in [1.54, 1.807) is 13.0 Å². The molecule has 0 amide bonds. The van der Waals surface area contributed by atoms with Gasteiger partial charge in [-0.2, -0.15) is 0 Å². The van der Waals surface area contributed by atoms with Crippen molar-refractivity contribution in [1.82, 2.24) is 4.98 Å². The standard InChI is InChI=1S/C22H23ClFN3O3S/c1-21(13-31(29,30)22(20(25)27-21)8-2-3-9-22)16-10-14(4-6-17(16)24)11-19(28)18-7-5-15(23)12-26-18/h4-7,10,12H,2-3,8-9,11,13H2,1H3,(H2,25,27)/t21-/m0/s1. The Hall–Kier alpha value is -2.32. The second-order valence-corrected chi connectivity index (χ2v) is 11.2. The number of carbonyl (C=O) groups is 1. The quantitative estimate of drug-likeness (QED) is 0.697. The Bertz CT molecular complexity index is 1170. The second kappa shape index (κ2) is 7.67. The number of nitrogens with zero attached hydrogens (tertiary/aromatic N) is 2. The van der Waals surface area contributed by atoms with Crippen LogP contribution in [-0.4, -0.2) is 35.5 Å². The zero-order valence-electron chi connectivity index (χ0n) is 17.1. The molecule has 1 aliphatic carbocycles. The lowest BCUT2D eigenvalue weighted by Crippen LogP contribution is -2.56. The molecule has 6 nitrogen and oxygen atoms in total. The Morgan fingerprint density at radius 2 is 1.94 bits per heavy atom. The van der Waals surface area contributed by atoms with E-state index in [1.165, 1.54) is 30.5 Å². The van der Waals surface area contributed by atoms with Crippen LogP contribution in [0.3, 0.4) is 0 Å². The summed E-state index contributed by atoms with van der Waals surface area (Å²) in [4.78, 5) is 21.1. The zero-order chi connectivity index (χ0) is 22.4. The first kappa shape index (κ1) is 21.9. The van der Waals surface area contributed by atoms with Crippen molar-refractivity contribution in [1.29, 1.82) is 0 Å². The third-order valence-corrected chi connectivity index (χ3v) is 9.27. The second-order valence-electron chi connectivity index (χ2n) is 8.51. The van der Waals surface area contributed by atoms with Crippen molar-refractivity contribution in [2.45, 2.75) is 49.3 Å². The van der Waals surface area contributed by atoms with Gasteiger partial charge in [0.1, 0.15) is 27.6 Å². The lowest BCUT2D eigenvalue weighted by atomic mass is 9.90. The SMILES string of the molecule is C[C@@]1(c2cc(CC(=O)c3ccc(Cl)cn3)ccc2F)CS(=O)(=O)C2(CCCC2)C(N)=N1. The van der Waals surface area contributed by atoms with Crippen LogP contribution < -0.4 is 5.73 Å². The van der Waals surface area contributed by atoms with Crippen LogP contribution in [0.15, 0.2) is 41.5 Å². The predicted molar refractivity (Wildman–Crippen MR) is 118 cm³/mol. The molecule has 2 heterocycles. The Labute approximate surface area is 185 Å². The number of benzene rings is 1. The molecule has 31 heavy (non-hydrogen) atoms. The molecule has 1 atom stereocenters. The number of aromatic nitrogens is 1. The minimum absolute atomic E-state index is 0.0200. The van der Waals surface area contributed by atoms with Crippen LogP contribution in [0.25, 0.3) is 0 Å². The third-order valence-electron chi connectivity index (χ3n) is 6.30. The minimum atomic E-state index is -3.64. The molecule has 2 aliphatic rings. The van der Waals surface area contributed by atoms with Crippen molar-refractivity contribution < 1.29 is 17.6 Å². The summed E-state index contributed by atoms with van der Waals surface area (Å²) in [6, 6.07) is 7.33. The number of nitrogens with two attached hydrogens (primary N) is 1. The highest BCUT2D eigenvalue weighted by Crippen LogP contribution is 2.45. The van der Waals surface area contributed by atoms with E-state index in [4.69, 9.17) is 17.3 Å². The summed E-state index contributed by atoms with van der Waals surface area (Å²) < 4.78 is 40.2.